The third-order valence-electron chi connectivity index (χ3n) is 2.81. The number of nitrogens with two attached hydrogens (primary N) is 1. The smallest absolute Gasteiger partial charge is 0.220 e. The molecule has 0 aliphatic heterocycles. The summed E-state index contributed by atoms with van der Waals surface area (Å²) in [5, 5.41) is 2.85. The molecule has 0 aliphatic rings. The molecule has 1 amide bonds. The van der Waals surface area contributed by atoms with Crippen molar-refractivity contribution in [3.05, 3.63) is 59.9 Å². The van der Waals surface area contributed by atoms with E-state index in [-0.39, 0.29) is 5.91 Å². The number of nitrogens with one attached hydrogen (secondary N) is 1. The number of benzene rings is 1. The lowest BCUT2D eigenvalue weighted by atomic mass is 10.1. The van der Waals surface area contributed by atoms with Crippen LogP contribution in [0.4, 0.5) is 5.69 Å². The number of carbonyl (C=O) groups excluding carboxylic acids is 1. The van der Waals surface area contributed by atoms with Crippen molar-refractivity contribution in [3.63, 3.8) is 0 Å². The molecule has 2 aromatic rings. The Kier molecular flexibility index (Phi) is 4.50. The number of rotatable bonds is 5. The Labute approximate surface area is 112 Å². The quantitative estimate of drug-likeness (QED) is 0.802. The highest BCUT2D eigenvalue weighted by molar-refractivity contribution is 5.76. The molecule has 3 N–H and O–H groups in total. The van der Waals surface area contributed by atoms with E-state index in [1.165, 1.54) is 0 Å². The van der Waals surface area contributed by atoms with E-state index < -0.39 is 0 Å². The second kappa shape index (κ2) is 6.54. The molecule has 0 fully saturated rings. The Balaban J connectivity index is 1.74. The number of aryl methyl sites for hydroxylation is 1. The first kappa shape index (κ1) is 13.1. The molecule has 0 atom stereocenters. The van der Waals surface area contributed by atoms with Crippen molar-refractivity contribution in [1.29, 1.82) is 0 Å². The summed E-state index contributed by atoms with van der Waals surface area (Å²) < 4.78 is 0. The number of aromatic nitrogens is 1. The first-order valence-electron chi connectivity index (χ1n) is 6.25. The van der Waals surface area contributed by atoms with Gasteiger partial charge in [0.2, 0.25) is 5.91 Å². The monoisotopic (exact) mass is 255 g/mol. The predicted octanol–water partition coefficient (Wildman–Crippen LogP) is 1.91. The molecule has 2 rings (SSSR count). The van der Waals surface area contributed by atoms with Gasteiger partial charge in [-0.2, -0.15) is 0 Å². The molecule has 19 heavy (non-hydrogen) atoms. The zero-order valence-corrected chi connectivity index (χ0v) is 10.7. The van der Waals surface area contributed by atoms with E-state index in [0.29, 0.717) is 19.4 Å². The van der Waals surface area contributed by atoms with Crippen LogP contribution in [-0.2, 0) is 17.8 Å². The lowest BCUT2D eigenvalue weighted by molar-refractivity contribution is -0.121. The van der Waals surface area contributed by atoms with E-state index in [9.17, 15) is 4.79 Å². The van der Waals surface area contributed by atoms with Crippen molar-refractivity contribution in [3.8, 4) is 0 Å². The normalized spacial score (nSPS) is 10.1. The van der Waals surface area contributed by atoms with Crippen molar-refractivity contribution >= 4 is 11.6 Å². The van der Waals surface area contributed by atoms with E-state index >= 15 is 0 Å². The van der Waals surface area contributed by atoms with Crippen molar-refractivity contribution < 1.29 is 4.79 Å². The van der Waals surface area contributed by atoms with Gasteiger partial charge in [0.15, 0.2) is 0 Å². The Morgan fingerprint density at radius 1 is 1.16 bits per heavy atom. The fraction of sp³-hybridized carbons (Fsp3) is 0.200. The van der Waals surface area contributed by atoms with Crippen LogP contribution in [-0.4, -0.2) is 10.9 Å². The van der Waals surface area contributed by atoms with E-state index in [1.54, 1.807) is 6.20 Å². The van der Waals surface area contributed by atoms with Gasteiger partial charge in [0.05, 0.1) is 12.2 Å². The predicted molar refractivity (Wildman–Crippen MR) is 75.3 cm³/mol. The number of hydrogen-bond acceptors (Lipinski definition) is 3. The molecular formula is C15H17N3O. The SMILES string of the molecule is Nc1ccc(CCC(=O)NCc2ccccn2)cc1. The van der Waals surface area contributed by atoms with E-state index in [2.05, 4.69) is 10.3 Å². The van der Waals surface area contributed by atoms with Gasteiger partial charge in [-0.25, -0.2) is 0 Å². The second-order valence-electron chi connectivity index (χ2n) is 4.34. The molecular weight excluding hydrogens is 238 g/mol. The Hall–Kier alpha value is -2.36. The van der Waals surface area contributed by atoms with Crippen LogP contribution >= 0.6 is 0 Å². The molecule has 0 bridgehead atoms. The molecule has 0 saturated carbocycles. The third-order valence-corrected chi connectivity index (χ3v) is 2.81. The maximum atomic E-state index is 11.7. The third kappa shape index (κ3) is 4.43. The minimum absolute atomic E-state index is 0.0301. The molecule has 0 aliphatic carbocycles. The zero-order valence-electron chi connectivity index (χ0n) is 10.7. The van der Waals surface area contributed by atoms with Gasteiger partial charge in [-0.05, 0) is 36.2 Å². The Morgan fingerprint density at radius 3 is 2.63 bits per heavy atom. The molecule has 98 valence electrons. The molecule has 0 saturated heterocycles. The maximum absolute atomic E-state index is 11.7. The van der Waals surface area contributed by atoms with E-state index in [4.69, 9.17) is 5.73 Å². The lowest BCUT2D eigenvalue weighted by Crippen LogP contribution is -2.23. The number of anilines is 1. The van der Waals surface area contributed by atoms with Crippen LogP contribution in [0, 0.1) is 0 Å². The molecule has 0 unspecified atom stereocenters. The van der Waals surface area contributed by atoms with Crippen molar-refractivity contribution in [2.45, 2.75) is 19.4 Å². The van der Waals surface area contributed by atoms with Crippen LogP contribution in [0.15, 0.2) is 48.7 Å². The fourth-order valence-electron chi connectivity index (χ4n) is 1.72. The molecule has 0 spiro atoms. The number of amides is 1. The summed E-state index contributed by atoms with van der Waals surface area (Å²) in [6.45, 7) is 0.474. The number of nitrogens with zero attached hydrogens (tertiary/aromatic N) is 1. The van der Waals surface area contributed by atoms with Crippen LogP contribution < -0.4 is 11.1 Å². The molecule has 4 nitrogen and oxygen atoms in total. The van der Waals surface area contributed by atoms with Crippen molar-refractivity contribution in [1.82, 2.24) is 10.3 Å². The van der Waals surface area contributed by atoms with Gasteiger partial charge < -0.3 is 11.1 Å². The van der Waals surface area contributed by atoms with Gasteiger partial charge in [0.1, 0.15) is 0 Å². The van der Waals surface area contributed by atoms with Gasteiger partial charge in [-0.3, -0.25) is 9.78 Å². The molecule has 0 radical (unpaired) electrons. The summed E-state index contributed by atoms with van der Waals surface area (Å²) in [6, 6.07) is 13.2. The minimum Gasteiger partial charge on any atom is -0.399 e. The summed E-state index contributed by atoms with van der Waals surface area (Å²) in [7, 11) is 0. The van der Waals surface area contributed by atoms with Gasteiger partial charge in [0.25, 0.3) is 0 Å². The van der Waals surface area contributed by atoms with Crippen molar-refractivity contribution in [2.24, 2.45) is 0 Å². The van der Waals surface area contributed by atoms with Crippen LogP contribution in [0.1, 0.15) is 17.7 Å². The topological polar surface area (TPSA) is 68.0 Å². The summed E-state index contributed by atoms with van der Waals surface area (Å²) in [6.07, 6.45) is 2.90. The first-order valence-corrected chi connectivity index (χ1v) is 6.25. The van der Waals surface area contributed by atoms with Gasteiger partial charge >= 0.3 is 0 Å². The summed E-state index contributed by atoms with van der Waals surface area (Å²) in [5.74, 6) is 0.0301. The van der Waals surface area contributed by atoms with Crippen LogP contribution in [0.2, 0.25) is 0 Å². The average Bonchev–Trinajstić information content (AvgIpc) is 2.45. The second-order valence-corrected chi connectivity index (χ2v) is 4.34. The lowest BCUT2D eigenvalue weighted by Gasteiger charge is -2.05. The summed E-state index contributed by atoms with van der Waals surface area (Å²) in [5.41, 5.74) is 8.33. The van der Waals surface area contributed by atoms with E-state index in [1.807, 2.05) is 42.5 Å². The number of carbonyl (C=O) groups is 1. The minimum atomic E-state index is 0.0301. The zero-order chi connectivity index (χ0) is 13.5. The maximum Gasteiger partial charge on any atom is 0.220 e. The van der Waals surface area contributed by atoms with Crippen molar-refractivity contribution in [2.75, 3.05) is 5.73 Å². The Bertz CT molecular complexity index is 523. The molecule has 4 heteroatoms. The highest BCUT2D eigenvalue weighted by Gasteiger charge is 2.02. The molecule has 1 aromatic heterocycles. The molecule has 1 aromatic carbocycles. The summed E-state index contributed by atoms with van der Waals surface area (Å²) in [4.78, 5) is 15.8. The Morgan fingerprint density at radius 2 is 1.95 bits per heavy atom. The number of pyridine rings is 1. The standard InChI is InChI=1S/C15H17N3O/c16-13-7-4-12(5-8-13)6-9-15(19)18-11-14-3-1-2-10-17-14/h1-5,7-8,10H,6,9,11,16H2,(H,18,19). The van der Waals surface area contributed by atoms with Crippen LogP contribution in [0.5, 0.6) is 0 Å². The average molecular weight is 255 g/mol. The fourth-order valence-corrected chi connectivity index (χ4v) is 1.72. The largest absolute Gasteiger partial charge is 0.399 e. The highest BCUT2D eigenvalue weighted by atomic mass is 16.1. The van der Waals surface area contributed by atoms with Crippen LogP contribution in [0.25, 0.3) is 0 Å². The highest BCUT2D eigenvalue weighted by Crippen LogP contribution is 2.07. The van der Waals surface area contributed by atoms with Gasteiger partial charge in [-0.1, -0.05) is 18.2 Å². The molecule has 1 heterocycles. The summed E-state index contributed by atoms with van der Waals surface area (Å²) >= 11 is 0. The van der Waals surface area contributed by atoms with Crippen LogP contribution in [0.3, 0.4) is 0 Å². The van der Waals surface area contributed by atoms with Gasteiger partial charge in [-0.15, -0.1) is 0 Å². The van der Waals surface area contributed by atoms with E-state index in [0.717, 1.165) is 16.9 Å². The number of hydrogen-bond donors (Lipinski definition) is 2. The number of nitrogen functional groups attached to an aromatic ring is 1. The first-order chi connectivity index (χ1) is 9.24. The van der Waals surface area contributed by atoms with Gasteiger partial charge in [0, 0.05) is 18.3 Å².